The van der Waals surface area contributed by atoms with E-state index in [2.05, 4.69) is 47.5 Å². The second-order valence-corrected chi connectivity index (χ2v) is 9.31. The maximum Gasteiger partial charge on any atom is 0.154 e. The van der Waals surface area contributed by atoms with Gasteiger partial charge in [0.15, 0.2) is 9.84 Å². The highest BCUT2D eigenvalue weighted by Gasteiger charge is 2.26. The largest absolute Gasteiger partial charge is 0.368 e. The Hall–Kier alpha value is -2.59. The van der Waals surface area contributed by atoms with Crippen LogP contribution in [0.4, 0.5) is 0 Å². The van der Waals surface area contributed by atoms with Gasteiger partial charge in [0.25, 0.3) is 0 Å². The summed E-state index contributed by atoms with van der Waals surface area (Å²) >= 11 is 0. The maximum atomic E-state index is 12.1. The number of hydrogen-bond acceptors (Lipinski definition) is 2. The molecule has 2 aliphatic rings. The third-order valence-corrected chi connectivity index (χ3v) is 6.81. The normalized spacial score (nSPS) is 17.1. The lowest BCUT2D eigenvalue weighted by molar-refractivity contribution is 0.581. The minimum atomic E-state index is -3.06. The average molecular weight is 378 g/mol. The fourth-order valence-electron chi connectivity index (χ4n) is 4.05. The van der Waals surface area contributed by atoms with Crippen LogP contribution in [-0.4, -0.2) is 19.7 Å². The van der Waals surface area contributed by atoms with Gasteiger partial charge in [0.1, 0.15) is 0 Å². The number of sulfone groups is 1. The topological polar surface area (TPSA) is 49.9 Å². The Morgan fingerprint density at radius 3 is 2.37 bits per heavy atom. The number of aromatic nitrogens is 1. The van der Waals surface area contributed by atoms with Crippen LogP contribution in [0.3, 0.4) is 0 Å². The molecule has 5 rings (SSSR count). The monoisotopic (exact) mass is 377 g/mol. The fraction of sp³-hybridized carbons (Fsp3) is 0.217. The third-order valence-electron chi connectivity index (χ3n) is 5.29. The van der Waals surface area contributed by atoms with E-state index in [-0.39, 0.29) is 5.25 Å². The number of nitrogens with one attached hydrogen (secondary N) is 1. The molecule has 0 amide bonds. The molecule has 3 aromatic rings. The van der Waals surface area contributed by atoms with E-state index in [1.165, 1.54) is 28.2 Å². The summed E-state index contributed by atoms with van der Waals surface area (Å²) in [4.78, 5) is 2.86. The highest BCUT2D eigenvalue weighted by molar-refractivity contribution is 7.90. The minimum Gasteiger partial charge on any atom is -0.368 e. The summed E-state index contributed by atoms with van der Waals surface area (Å²) < 4.78 is 24.2. The fourth-order valence-corrected chi connectivity index (χ4v) is 5.28. The summed E-state index contributed by atoms with van der Waals surface area (Å²) in [5.74, 6) is 0. The smallest absolute Gasteiger partial charge is 0.154 e. The zero-order chi connectivity index (χ0) is 18.9. The van der Waals surface area contributed by atoms with Crippen LogP contribution in [0.25, 0.3) is 23.3 Å². The standard InChI is InChI=1S/C19H18O2S.C4H5N/c1-22(20,21)19-8-4-7-15-17-10-9-13-5-2-3-6-14(13)16(17)11-12-18(15)19;1-2-4-5-3-1/h2-3,5-7,10-12,19H,4,8-9H2,1H3;1-5H. The van der Waals surface area contributed by atoms with Crippen molar-refractivity contribution in [1.82, 2.24) is 4.98 Å². The Balaban J connectivity index is 0.000000314. The van der Waals surface area contributed by atoms with Gasteiger partial charge in [-0.1, -0.05) is 48.6 Å². The van der Waals surface area contributed by atoms with E-state index in [0.29, 0.717) is 6.42 Å². The van der Waals surface area contributed by atoms with Crippen molar-refractivity contribution in [2.45, 2.75) is 24.5 Å². The first kappa shape index (κ1) is 17.8. The van der Waals surface area contributed by atoms with Gasteiger partial charge in [-0.3, -0.25) is 0 Å². The van der Waals surface area contributed by atoms with Gasteiger partial charge < -0.3 is 4.98 Å². The lowest BCUT2D eigenvalue weighted by Gasteiger charge is -2.23. The van der Waals surface area contributed by atoms with Gasteiger partial charge in [-0.15, -0.1) is 0 Å². The molecule has 1 heterocycles. The summed E-state index contributed by atoms with van der Waals surface area (Å²) in [5, 5.41) is 1.99. The minimum absolute atomic E-state index is 0.358. The number of rotatable bonds is 1. The van der Waals surface area contributed by atoms with Crippen molar-refractivity contribution >= 4 is 22.0 Å². The first-order valence-electron chi connectivity index (χ1n) is 9.24. The van der Waals surface area contributed by atoms with Crippen molar-refractivity contribution in [3.8, 4) is 11.1 Å². The molecule has 0 fully saturated rings. The zero-order valence-corrected chi connectivity index (χ0v) is 16.2. The predicted octanol–water partition coefficient (Wildman–Crippen LogP) is 3.36. The molecule has 0 saturated heterocycles. The molecular formula is C23H23NO2S. The first-order valence-corrected chi connectivity index (χ1v) is 11.2. The van der Waals surface area contributed by atoms with Gasteiger partial charge in [0.05, 0.1) is 5.25 Å². The van der Waals surface area contributed by atoms with Gasteiger partial charge in [0, 0.05) is 18.6 Å². The van der Waals surface area contributed by atoms with Crippen molar-refractivity contribution in [2.75, 3.05) is 6.26 Å². The SMILES string of the molecule is CS(=O)(=O)C1CCC=c2c1ccc1c2=CCc2ccccc2-1.c1cc[nH]c1. The summed E-state index contributed by atoms with van der Waals surface area (Å²) in [6.07, 6.45) is 12.0. The molecule has 4 heteroatoms. The van der Waals surface area contributed by atoms with E-state index in [1.54, 1.807) is 0 Å². The lowest BCUT2D eigenvalue weighted by Crippen LogP contribution is -2.36. The zero-order valence-electron chi connectivity index (χ0n) is 15.4. The van der Waals surface area contributed by atoms with Crippen LogP contribution < -0.4 is 10.4 Å². The van der Waals surface area contributed by atoms with E-state index in [9.17, 15) is 8.42 Å². The lowest BCUT2D eigenvalue weighted by atomic mass is 9.87. The van der Waals surface area contributed by atoms with Gasteiger partial charge in [0.2, 0.25) is 0 Å². The molecule has 2 aromatic carbocycles. The highest BCUT2D eigenvalue weighted by atomic mass is 32.2. The number of benzene rings is 2. The molecule has 0 spiro atoms. The van der Waals surface area contributed by atoms with Gasteiger partial charge >= 0.3 is 0 Å². The maximum absolute atomic E-state index is 12.1. The molecule has 1 unspecified atom stereocenters. The van der Waals surface area contributed by atoms with Gasteiger partial charge in [-0.2, -0.15) is 0 Å². The molecule has 1 N–H and O–H groups in total. The number of aromatic amines is 1. The Morgan fingerprint density at radius 1 is 0.889 bits per heavy atom. The summed E-state index contributed by atoms with van der Waals surface area (Å²) in [6, 6.07) is 16.5. The quantitative estimate of drug-likeness (QED) is 0.707. The number of H-pyrrole nitrogens is 1. The summed E-state index contributed by atoms with van der Waals surface area (Å²) in [5.41, 5.74) is 4.82. The molecule has 2 aliphatic carbocycles. The molecule has 0 aliphatic heterocycles. The molecule has 138 valence electrons. The van der Waals surface area contributed by atoms with E-state index in [4.69, 9.17) is 0 Å². The van der Waals surface area contributed by atoms with Crippen molar-refractivity contribution in [1.29, 1.82) is 0 Å². The molecule has 1 atom stereocenters. The molecule has 0 bridgehead atoms. The molecule has 0 saturated carbocycles. The van der Waals surface area contributed by atoms with Crippen LogP contribution in [0.1, 0.15) is 29.2 Å². The van der Waals surface area contributed by atoms with Crippen molar-refractivity contribution in [3.05, 3.63) is 82.5 Å². The van der Waals surface area contributed by atoms with E-state index in [0.717, 1.165) is 23.6 Å². The molecule has 0 radical (unpaired) electrons. The van der Waals surface area contributed by atoms with E-state index in [1.807, 2.05) is 30.6 Å². The first-order chi connectivity index (χ1) is 13.1. The van der Waals surface area contributed by atoms with Gasteiger partial charge in [-0.05, 0) is 64.1 Å². The molecular weight excluding hydrogens is 354 g/mol. The second kappa shape index (κ2) is 7.20. The predicted molar refractivity (Wildman–Crippen MR) is 111 cm³/mol. The Bertz CT molecular complexity index is 1160. The second-order valence-electron chi connectivity index (χ2n) is 7.08. The average Bonchev–Trinajstić information content (AvgIpc) is 3.26. The summed E-state index contributed by atoms with van der Waals surface area (Å²) in [6.45, 7) is 0. The Labute approximate surface area is 160 Å². The van der Waals surface area contributed by atoms with Crippen LogP contribution in [0.5, 0.6) is 0 Å². The molecule has 27 heavy (non-hydrogen) atoms. The summed E-state index contributed by atoms with van der Waals surface area (Å²) in [7, 11) is -3.06. The number of fused-ring (bicyclic) bond motifs is 5. The Morgan fingerprint density at radius 2 is 1.67 bits per heavy atom. The molecule has 1 aromatic heterocycles. The van der Waals surface area contributed by atoms with Crippen LogP contribution >= 0.6 is 0 Å². The molecule has 3 nitrogen and oxygen atoms in total. The van der Waals surface area contributed by atoms with E-state index >= 15 is 0 Å². The van der Waals surface area contributed by atoms with Crippen LogP contribution in [-0.2, 0) is 16.3 Å². The number of hydrogen-bond donors (Lipinski definition) is 1. The van der Waals surface area contributed by atoms with Crippen molar-refractivity contribution in [2.24, 2.45) is 0 Å². The van der Waals surface area contributed by atoms with Gasteiger partial charge in [-0.25, -0.2) is 8.42 Å². The Kier molecular flexibility index (Phi) is 4.75. The van der Waals surface area contributed by atoms with E-state index < -0.39 is 9.84 Å². The van der Waals surface area contributed by atoms with Crippen molar-refractivity contribution in [3.63, 3.8) is 0 Å². The third kappa shape index (κ3) is 3.50. The van der Waals surface area contributed by atoms with Crippen molar-refractivity contribution < 1.29 is 8.42 Å². The van der Waals surface area contributed by atoms with Crippen LogP contribution in [0.15, 0.2) is 60.9 Å². The van der Waals surface area contributed by atoms with Crippen LogP contribution in [0, 0.1) is 0 Å². The van der Waals surface area contributed by atoms with Crippen LogP contribution in [0.2, 0.25) is 0 Å². The highest BCUT2D eigenvalue weighted by Crippen LogP contribution is 2.30.